The normalized spacial score (nSPS) is 19.4. The summed E-state index contributed by atoms with van der Waals surface area (Å²) in [5, 5.41) is 0.931. The molecule has 38 heavy (non-hydrogen) atoms. The van der Waals surface area contributed by atoms with Crippen LogP contribution >= 0.6 is 0 Å². The maximum absolute atomic E-state index is 13.6. The van der Waals surface area contributed by atoms with E-state index >= 15 is 0 Å². The molecule has 3 aromatic rings. The Labute approximate surface area is 222 Å². The van der Waals surface area contributed by atoms with Crippen LogP contribution < -0.4 is 10.3 Å². The Morgan fingerprint density at radius 1 is 1.18 bits per heavy atom. The van der Waals surface area contributed by atoms with Crippen molar-refractivity contribution in [3.05, 3.63) is 63.2 Å². The number of piperidine rings is 1. The number of nitrogens with one attached hydrogen (secondary N) is 1. The average molecular weight is 526 g/mol. The number of Topliss-reactive ketones (excluding diaryl/α,β-unsaturated/α-hetero) is 1. The van der Waals surface area contributed by atoms with Crippen molar-refractivity contribution in [2.24, 2.45) is 5.92 Å². The fourth-order valence-electron chi connectivity index (χ4n) is 6.60. The molecule has 2 fully saturated rings. The Morgan fingerprint density at radius 3 is 2.53 bits per heavy atom. The van der Waals surface area contributed by atoms with Gasteiger partial charge in [-0.25, -0.2) is 8.78 Å². The number of halogens is 2. The van der Waals surface area contributed by atoms with Crippen molar-refractivity contribution in [3.63, 3.8) is 0 Å². The summed E-state index contributed by atoms with van der Waals surface area (Å²) in [7, 11) is 1.53. The standard InChI is InChI=1S/C30H37F2N3O3/c1-18-15-27(38-4)24(29(37)33-18)9-10-26(36)28-20(3)35(25-8-6-5-7-23(25)28)19(2)21-11-13-34(14-12-21)22-16-30(31,32)17-22/h5-8,15,19,21-22H,9-14,16-17H2,1-4H3,(H,33,37)/t19-/m1/s1. The highest BCUT2D eigenvalue weighted by Gasteiger charge is 2.48. The van der Waals surface area contributed by atoms with Crippen LogP contribution in [0, 0.1) is 19.8 Å². The predicted octanol–water partition coefficient (Wildman–Crippen LogP) is 5.84. The first-order valence-electron chi connectivity index (χ1n) is 13.6. The quantitative estimate of drug-likeness (QED) is 0.375. The van der Waals surface area contributed by atoms with E-state index < -0.39 is 5.92 Å². The molecule has 0 radical (unpaired) electrons. The number of hydrogen-bond acceptors (Lipinski definition) is 4. The van der Waals surface area contributed by atoms with Gasteiger partial charge in [0.25, 0.3) is 11.5 Å². The van der Waals surface area contributed by atoms with Gasteiger partial charge in [-0.2, -0.15) is 0 Å². The van der Waals surface area contributed by atoms with E-state index in [9.17, 15) is 18.4 Å². The van der Waals surface area contributed by atoms with Crippen LogP contribution in [-0.2, 0) is 6.42 Å². The molecule has 204 valence electrons. The number of aromatic amines is 1. The fraction of sp³-hybridized carbons (Fsp3) is 0.533. The summed E-state index contributed by atoms with van der Waals surface area (Å²) in [5.74, 6) is -1.58. The number of ether oxygens (including phenoxy) is 1. The smallest absolute Gasteiger partial charge is 0.255 e. The zero-order valence-corrected chi connectivity index (χ0v) is 22.7. The predicted molar refractivity (Wildman–Crippen MR) is 145 cm³/mol. The lowest BCUT2D eigenvalue weighted by Gasteiger charge is -2.46. The Bertz CT molecular complexity index is 1390. The van der Waals surface area contributed by atoms with E-state index in [0.717, 1.165) is 42.5 Å². The number of nitrogens with zero attached hydrogens (tertiary/aromatic N) is 2. The van der Waals surface area contributed by atoms with E-state index in [1.54, 1.807) is 13.0 Å². The summed E-state index contributed by atoms with van der Waals surface area (Å²) in [6.07, 6.45) is 2.38. The van der Waals surface area contributed by atoms with E-state index in [2.05, 4.69) is 27.4 Å². The van der Waals surface area contributed by atoms with E-state index in [1.165, 1.54) is 7.11 Å². The lowest BCUT2D eigenvalue weighted by molar-refractivity contribution is -0.129. The van der Waals surface area contributed by atoms with Crippen LogP contribution in [0.3, 0.4) is 0 Å². The zero-order valence-electron chi connectivity index (χ0n) is 22.7. The molecule has 1 saturated carbocycles. The minimum absolute atomic E-state index is 0.00686. The lowest BCUT2D eigenvalue weighted by Crippen LogP contribution is -2.53. The first-order valence-corrected chi connectivity index (χ1v) is 13.6. The van der Waals surface area contributed by atoms with Gasteiger partial charge < -0.3 is 14.3 Å². The second-order valence-corrected chi connectivity index (χ2v) is 11.1. The van der Waals surface area contributed by atoms with Crippen LogP contribution in [0.5, 0.6) is 5.75 Å². The lowest BCUT2D eigenvalue weighted by atomic mass is 9.83. The van der Waals surface area contributed by atoms with E-state index in [0.29, 0.717) is 34.9 Å². The summed E-state index contributed by atoms with van der Waals surface area (Å²) >= 11 is 0. The third-order valence-electron chi connectivity index (χ3n) is 8.74. The van der Waals surface area contributed by atoms with Crippen LogP contribution in [0.25, 0.3) is 10.9 Å². The Morgan fingerprint density at radius 2 is 1.87 bits per heavy atom. The van der Waals surface area contributed by atoms with Crippen molar-refractivity contribution in [1.29, 1.82) is 0 Å². The molecule has 1 aliphatic carbocycles. The number of para-hydroxylation sites is 1. The molecule has 6 nitrogen and oxygen atoms in total. The molecule has 1 aliphatic heterocycles. The van der Waals surface area contributed by atoms with Crippen molar-refractivity contribution in [1.82, 2.24) is 14.5 Å². The number of likely N-dealkylation sites (tertiary alicyclic amines) is 1. The molecule has 5 rings (SSSR count). The number of aromatic nitrogens is 2. The number of benzene rings is 1. The van der Waals surface area contributed by atoms with Crippen molar-refractivity contribution in [2.75, 3.05) is 20.2 Å². The van der Waals surface area contributed by atoms with Gasteiger partial charge in [0.2, 0.25) is 0 Å². The number of pyridine rings is 1. The SMILES string of the molecule is COc1cc(C)[nH]c(=O)c1CCC(=O)c1c(C)n([C@H](C)C2CCN(C3CC(F)(F)C3)CC2)c2ccccc12. The summed E-state index contributed by atoms with van der Waals surface area (Å²) in [6.45, 7) is 7.70. The number of ketones is 1. The number of carbonyl (C=O) groups is 1. The number of hydrogen-bond donors (Lipinski definition) is 1. The van der Waals surface area contributed by atoms with Crippen LogP contribution in [0.4, 0.5) is 8.78 Å². The van der Waals surface area contributed by atoms with E-state index in [1.807, 2.05) is 25.1 Å². The molecule has 1 atom stereocenters. The Hall–Kier alpha value is -3.00. The number of fused-ring (bicyclic) bond motifs is 1. The first kappa shape index (κ1) is 26.6. The highest BCUT2D eigenvalue weighted by Crippen LogP contribution is 2.43. The van der Waals surface area contributed by atoms with Crippen molar-refractivity contribution in [2.45, 2.75) is 77.3 Å². The number of rotatable bonds is 8. The minimum atomic E-state index is -2.49. The number of aryl methyl sites for hydroxylation is 1. The van der Waals surface area contributed by atoms with Gasteiger partial charge in [0.05, 0.1) is 12.7 Å². The maximum Gasteiger partial charge on any atom is 0.255 e. The highest BCUT2D eigenvalue weighted by molar-refractivity contribution is 6.09. The van der Waals surface area contributed by atoms with Gasteiger partial charge in [0.1, 0.15) is 5.75 Å². The molecular weight excluding hydrogens is 488 g/mol. The third kappa shape index (κ3) is 4.91. The molecule has 2 aromatic heterocycles. The van der Waals surface area contributed by atoms with Crippen LogP contribution in [0.1, 0.15) is 72.4 Å². The van der Waals surface area contributed by atoms with Gasteiger partial charge >= 0.3 is 0 Å². The molecule has 0 bridgehead atoms. The molecular formula is C30H37F2N3O3. The summed E-state index contributed by atoms with van der Waals surface area (Å²) < 4.78 is 34.4. The van der Waals surface area contributed by atoms with E-state index in [4.69, 9.17) is 4.74 Å². The molecule has 3 heterocycles. The molecule has 0 unspecified atom stereocenters. The van der Waals surface area contributed by atoms with Crippen molar-refractivity contribution < 1.29 is 18.3 Å². The van der Waals surface area contributed by atoms with Crippen LogP contribution in [0.15, 0.2) is 35.1 Å². The molecule has 0 amide bonds. The van der Waals surface area contributed by atoms with Gasteiger partial charge in [0, 0.05) is 59.2 Å². The fourth-order valence-corrected chi connectivity index (χ4v) is 6.60. The summed E-state index contributed by atoms with van der Waals surface area (Å²) in [6, 6.07) is 9.97. The average Bonchev–Trinajstić information content (AvgIpc) is 3.17. The molecule has 1 saturated heterocycles. The van der Waals surface area contributed by atoms with Gasteiger partial charge in [-0.1, -0.05) is 18.2 Å². The maximum atomic E-state index is 13.6. The molecule has 8 heteroatoms. The van der Waals surface area contributed by atoms with Gasteiger partial charge in [0.15, 0.2) is 5.78 Å². The monoisotopic (exact) mass is 525 g/mol. The van der Waals surface area contributed by atoms with Gasteiger partial charge in [-0.15, -0.1) is 0 Å². The molecule has 0 spiro atoms. The van der Waals surface area contributed by atoms with Gasteiger partial charge in [-0.05, 0) is 71.2 Å². The second-order valence-electron chi connectivity index (χ2n) is 11.1. The second kappa shape index (κ2) is 10.3. The Balaban J connectivity index is 1.35. The number of alkyl halides is 2. The third-order valence-corrected chi connectivity index (χ3v) is 8.74. The number of methoxy groups -OCH3 is 1. The van der Waals surface area contributed by atoms with Crippen molar-refractivity contribution >= 4 is 16.7 Å². The summed E-state index contributed by atoms with van der Waals surface area (Å²) in [4.78, 5) is 31.2. The van der Waals surface area contributed by atoms with Crippen LogP contribution in [-0.4, -0.2) is 52.4 Å². The molecule has 2 aliphatic rings. The molecule has 1 aromatic carbocycles. The largest absolute Gasteiger partial charge is 0.496 e. The number of carbonyl (C=O) groups excluding carboxylic acids is 1. The van der Waals surface area contributed by atoms with E-state index in [-0.39, 0.29) is 42.7 Å². The van der Waals surface area contributed by atoms with Crippen molar-refractivity contribution in [3.8, 4) is 5.75 Å². The summed E-state index contributed by atoms with van der Waals surface area (Å²) in [5.41, 5.74) is 3.66. The van der Waals surface area contributed by atoms with Crippen LogP contribution in [0.2, 0.25) is 0 Å². The Kier molecular flexibility index (Phi) is 7.20. The minimum Gasteiger partial charge on any atom is -0.496 e. The molecule has 1 N–H and O–H groups in total. The zero-order chi connectivity index (χ0) is 27.2. The first-order chi connectivity index (χ1) is 18.1. The highest BCUT2D eigenvalue weighted by atomic mass is 19.3. The van der Waals surface area contributed by atoms with Gasteiger partial charge in [-0.3, -0.25) is 14.5 Å². The topological polar surface area (TPSA) is 67.3 Å². The number of H-pyrrole nitrogens is 1.